The van der Waals surface area contributed by atoms with E-state index in [1.807, 2.05) is 13.8 Å². The smallest absolute Gasteiger partial charge is 0.348 e. The Morgan fingerprint density at radius 3 is 1.92 bits per heavy atom. The molecule has 38 heavy (non-hydrogen) atoms. The SMILES string of the molecule is CC[C@@H](C)[C@@H](NC)C(=O)N(C)[C@@H](C(=O)CC(CC(C)O)(OC(=O)[C@@H](C)NC)C(=O)O)[C@H](C)CCCC(C)O. The summed E-state index contributed by atoms with van der Waals surface area (Å²) in [5.41, 5.74) is -2.31. The van der Waals surface area contributed by atoms with Crippen LogP contribution < -0.4 is 10.6 Å². The molecule has 222 valence electrons. The van der Waals surface area contributed by atoms with E-state index >= 15 is 0 Å². The number of carboxylic acid groups (broad SMARTS) is 1. The molecule has 8 atom stereocenters. The van der Waals surface area contributed by atoms with Gasteiger partial charge >= 0.3 is 11.9 Å². The van der Waals surface area contributed by atoms with E-state index in [1.54, 1.807) is 20.9 Å². The number of hydrogen-bond donors (Lipinski definition) is 5. The fraction of sp³-hybridized carbons (Fsp3) is 0.852. The van der Waals surface area contributed by atoms with Crippen molar-refractivity contribution < 1.29 is 39.2 Å². The highest BCUT2D eigenvalue weighted by atomic mass is 16.6. The third-order valence-electron chi connectivity index (χ3n) is 7.26. The van der Waals surface area contributed by atoms with Gasteiger partial charge in [0.1, 0.15) is 6.04 Å². The van der Waals surface area contributed by atoms with Gasteiger partial charge in [-0.15, -0.1) is 0 Å². The van der Waals surface area contributed by atoms with Crippen LogP contribution in [0.2, 0.25) is 0 Å². The number of hydrogen-bond acceptors (Lipinski definition) is 9. The minimum Gasteiger partial charge on any atom is -0.478 e. The molecule has 0 aromatic rings. The number of nitrogens with zero attached hydrogens (tertiary/aromatic N) is 1. The number of aliphatic carboxylic acids is 1. The lowest BCUT2D eigenvalue weighted by molar-refractivity contribution is -0.185. The molecule has 0 radical (unpaired) electrons. The highest BCUT2D eigenvalue weighted by molar-refractivity contribution is 5.95. The molecule has 1 amide bonds. The normalized spacial score (nSPS) is 18.7. The van der Waals surface area contributed by atoms with Crippen LogP contribution in [0.4, 0.5) is 0 Å². The lowest BCUT2D eigenvalue weighted by Crippen LogP contribution is -2.57. The van der Waals surface area contributed by atoms with Gasteiger partial charge in [0.2, 0.25) is 11.5 Å². The van der Waals surface area contributed by atoms with Crippen LogP contribution in [0.15, 0.2) is 0 Å². The first kappa shape index (κ1) is 35.9. The first-order chi connectivity index (χ1) is 17.6. The van der Waals surface area contributed by atoms with Gasteiger partial charge in [-0.25, -0.2) is 4.79 Å². The molecule has 0 aliphatic carbocycles. The van der Waals surface area contributed by atoms with E-state index in [2.05, 4.69) is 10.6 Å². The number of ketones is 1. The molecule has 0 aliphatic rings. The van der Waals surface area contributed by atoms with Crippen LogP contribution in [-0.4, -0.2) is 101 Å². The number of Topliss-reactive ketones (excluding diaryl/α,β-unsaturated/α-hetero) is 1. The Morgan fingerprint density at radius 2 is 1.50 bits per heavy atom. The Hall–Kier alpha value is -2.08. The number of nitrogens with one attached hydrogen (secondary N) is 2. The second-order valence-corrected chi connectivity index (χ2v) is 10.7. The number of aliphatic hydroxyl groups is 2. The van der Waals surface area contributed by atoms with Crippen LogP contribution in [0.1, 0.15) is 80.1 Å². The molecule has 0 heterocycles. The lowest BCUT2D eigenvalue weighted by atomic mass is 9.83. The zero-order chi connectivity index (χ0) is 29.8. The summed E-state index contributed by atoms with van der Waals surface area (Å²) in [5.74, 6) is -3.72. The van der Waals surface area contributed by atoms with E-state index in [4.69, 9.17) is 4.74 Å². The van der Waals surface area contributed by atoms with E-state index < -0.39 is 66.5 Å². The Bertz CT molecular complexity index is 775. The Kier molecular flexibility index (Phi) is 15.9. The van der Waals surface area contributed by atoms with Crippen LogP contribution in [0.3, 0.4) is 0 Å². The van der Waals surface area contributed by atoms with Crippen LogP contribution >= 0.6 is 0 Å². The minimum absolute atomic E-state index is 0.0198. The lowest BCUT2D eigenvalue weighted by Gasteiger charge is -2.38. The highest BCUT2D eigenvalue weighted by Gasteiger charge is 2.49. The summed E-state index contributed by atoms with van der Waals surface area (Å²) >= 11 is 0. The molecular weight excluding hydrogens is 494 g/mol. The number of ether oxygens (including phenoxy) is 1. The molecule has 0 bridgehead atoms. The largest absolute Gasteiger partial charge is 0.478 e. The van der Waals surface area contributed by atoms with Crippen molar-refractivity contribution in [3.63, 3.8) is 0 Å². The summed E-state index contributed by atoms with van der Waals surface area (Å²) in [6.07, 6.45) is -0.586. The summed E-state index contributed by atoms with van der Waals surface area (Å²) < 4.78 is 5.41. The number of likely N-dealkylation sites (N-methyl/N-ethyl adjacent to an activating group) is 3. The molecule has 3 unspecified atom stereocenters. The van der Waals surface area contributed by atoms with Crippen molar-refractivity contribution in [1.82, 2.24) is 15.5 Å². The van der Waals surface area contributed by atoms with Crippen molar-refractivity contribution in [1.29, 1.82) is 0 Å². The van der Waals surface area contributed by atoms with Crippen molar-refractivity contribution >= 4 is 23.6 Å². The first-order valence-electron chi connectivity index (χ1n) is 13.5. The van der Waals surface area contributed by atoms with Gasteiger partial charge in [0.25, 0.3) is 0 Å². The average Bonchev–Trinajstić information content (AvgIpc) is 2.82. The Morgan fingerprint density at radius 1 is 0.921 bits per heavy atom. The molecule has 11 heteroatoms. The summed E-state index contributed by atoms with van der Waals surface area (Å²) in [5, 5.41) is 35.6. The van der Waals surface area contributed by atoms with E-state index in [1.165, 1.54) is 32.8 Å². The second-order valence-electron chi connectivity index (χ2n) is 10.7. The van der Waals surface area contributed by atoms with Crippen molar-refractivity contribution in [3.05, 3.63) is 0 Å². The Labute approximate surface area is 227 Å². The van der Waals surface area contributed by atoms with Crippen LogP contribution in [0.25, 0.3) is 0 Å². The van der Waals surface area contributed by atoms with E-state index in [9.17, 15) is 34.5 Å². The van der Waals surface area contributed by atoms with E-state index in [0.29, 0.717) is 19.3 Å². The highest BCUT2D eigenvalue weighted by Crippen LogP contribution is 2.29. The number of carbonyl (C=O) groups is 4. The van der Waals surface area contributed by atoms with Crippen LogP contribution in [0.5, 0.6) is 0 Å². The van der Waals surface area contributed by atoms with Gasteiger partial charge in [-0.2, -0.15) is 0 Å². The number of rotatable bonds is 19. The first-order valence-corrected chi connectivity index (χ1v) is 13.5. The number of aliphatic hydroxyl groups excluding tert-OH is 2. The molecule has 5 N–H and O–H groups in total. The predicted octanol–water partition coefficient (Wildman–Crippen LogP) is 1.34. The zero-order valence-corrected chi connectivity index (χ0v) is 24.6. The number of amides is 1. The third kappa shape index (κ3) is 10.6. The quantitative estimate of drug-likeness (QED) is 0.150. The van der Waals surface area contributed by atoms with E-state index in [0.717, 1.165) is 6.42 Å². The van der Waals surface area contributed by atoms with Gasteiger partial charge in [-0.3, -0.25) is 14.4 Å². The van der Waals surface area contributed by atoms with Gasteiger partial charge in [0.05, 0.1) is 30.7 Å². The summed E-state index contributed by atoms with van der Waals surface area (Å²) in [4.78, 5) is 53.8. The van der Waals surface area contributed by atoms with Gasteiger partial charge in [0, 0.05) is 13.5 Å². The molecule has 0 aromatic heterocycles. The van der Waals surface area contributed by atoms with Crippen LogP contribution in [-0.2, 0) is 23.9 Å². The van der Waals surface area contributed by atoms with Crippen LogP contribution in [0, 0.1) is 11.8 Å². The monoisotopic (exact) mass is 545 g/mol. The fourth-order valence-electron chi connectivity index (χ4n) is 4.67. The topological polar surface area (TPSA) is 165 Å². The molecular formula is C27H51N3O8. The molecule has 0 aromatic carbocycles. The molecule has 0 aliphatic heterocycles. The maximum Gasteiger partial charge on any atom is 0.348 e. The van der Waals surface area contributed by atoms with Gasteiger partial charge in [-0.1, -0.05) is 33.6 Å². The predicted molar refractivity (Wildman–Crippen MR) is 144 cm³/mol. The standard InChI is InChI=1S/C27H51N3O8/c1-10-16(2)22(29-8)24(34)30(9)23(17(3)12-11-13-18(4)31)21(33)15-27(26(36)37,14-19(5)32)38-25(35)20(6)28-7/h16-20,22-23,28-29,31-32H,10-15H2,1-9H3,(H,36,37)/t16-,17-,18?,19?,20-,22-,23-,27?/m1/s1. The van der Waals surface area contributed by atoms with E-state index in [-0.39, 0.29) is 17.7 Å². The van der Waals surface area contributed by atoms with Crippen molar-refractivity contribution in [3.8, 4) is 0 Å². The second kappa shape index (κ2) is 16.8. The maximum absolute atomic E-state index is 13.9. The summed E-state index contributed by atoms with van der Waals surface area (Å²) in [7, 11) is 4.70. The summed E-state index contributed by atoms with van der Waals surface area (Å²) in [6.45, 7) is 10.2. The van der Waals surface area contributed by atoms with Crippen molar-refractivity contribution in [2.75, 3.05) is 21.1 Å². The number of esters is 1. The van der Waals surface area contributed by atoms with Gasteiger partial charge in [-0.05, 0) is 59.5 Å². The number of carboxylic acids is 1. The van der Waals surface area contributed by atoms with Crippen molar-refractivity contribution in [2.45, 2.75) is 116 Å². The molecule has 0 saturated heterocycles. The van der Waals surface area contributed by atoms with Gasteiger partial charge < -0.3 is 35.6 Å². The zero-order valence-electron chi connectivity index (χ0n) is 24.6. The molecule has 0 rings (SSSR count). The molecule has 0 saturated carbocycles. The Balaban J connectivity index is 6.45. The van der Waals surface area contributed by atoms with Gasteiger partial charge in [0.15, 0.2) is 5.78 Å². The summed E-state index contributed by atoms with van der Waals surface area (Å²) in [6, 6.07) is -2.41. The molecule has 0 spiro atoms. The molecule has 11 nitrogen and oxygen atoms in total. The molecule has 0 fully saturated rings. The maximum atomic E-state index is 13.9. The number of carbonyl (C=O) groups excluding carboxylic acids is 3. The fourth-order valence-corrected chi connectivity index (χ4v) is 4.67. The van der Waals surface area contributed by atoms with Crippen molar-refractivity contribution in [2.24, 2.45) is 11.8 Å². The average molecular weight is 546 g/mol. The minimum atomic E-state index is -2.31. The third-order valence-corrected chi connectivity index (χ3v) is 7.26.